The van der Waals surface area contributed by atoms with E-state index in [4.69, 9.17) is 0 Å². The summed E-state index contributed by atoms with van der Waals surface area (Å²) in [6.07, 6.45) is 3.75. The Labute approximate surface area is 302 Å². The molecule has 7 aromatic carbocycles. The number of hydrogen-bond acceptors (Lipinski definition) is 3. The minimum absolute atomic E-state index is 0.000308. The molecular weight excluding hydrogens is 637 g/mol. The fourth-order valence-corrected chi connectivity index (χ4v) is 8.46. The van der Waals surface area contributed by atoms with E-state index in [0.29, 0.717) is 0 Å². The highest BCUT2D eigenvalue weighted by Gasteiger charge is 2.22. The number of hydrogen-bond donors (Lipinski definition) is 0. The van der Waals surface area contributed by atoms with Crippen molar-refractivity contribution in [2.75, 3.05) is 4.90 Å². The Bertz CT molecular complexity index is 2520. The van der Waals surface area contributed by atoms with Gasteiger partial charge in [0, 0.05) is 55.5 Å². The van der Waals surface area contributed by atoms with E-state index in [1.54, 1.807) is 0 Å². The topological polar surface area (TPSA) is 16.1 Å². The predicted molar refractivity (Wildman–Crippen MR) is 217 cm³/mol. The second-order valence-corrected chi connectivity index (χ2v) is 13.9. The van der Waals surface area contributed by atoms with Crippen LogP contribution in [0.15, 0.2) is 200 Å². The molecule has 0 amide bonds. The molecule has 2 nitrogen and oxygen atoms in total. The van der Waals surface area contributed by atoms with E-state index >= 15 is 0 Å². The van der Waals surface area contributed by atoms with E-state index in [0.717, 1.165) is 28.2 Å². The van der Waals surface area contributed by atoms with Crippen LogP contribution in [0.1, 0.15) is 22.6 Å². The van der Waals surface area contributed by atoms with Gasteiger partial charge in [-0.1, -0.05) is 133 Å². The lowest BCUT2D eigenvalue weighted by atomic mass is 9.83. The van der Waals surface area contributed by atoms with Crippen molar-refractivity contribution < 1.29 is 0 Å². The lowest BCUT2D eigenvalue weighted by molar-refractivity contribution is 0.977. The number of thiophene rings is 1. The average molecular weight is 671 g/mol. The highest BCUT2D eigenvalue weighted by Crippen LogP contribution is 2.45. The van der Waals surface area contributed by atoms with E-state index < -0.39 is 0 Å². The standard InChI is InChI=1S/C48H34N2S/c1-4-14-35(15-5-1)47(36-27-25-34(26-28-36)37-16-13-29-49-33-37)39-30-38(43-22-12-24-46-48(43)44-21-10-11-23-45(44)51-46)31-42(32-39)50(40-17-6-2-7-18-40)41-19-8-3-9-20-41/h1-33,47H. The molecule has 1 unspecified atom stereocenters. The van der Waals surface area contributed by atoms with Crippen LogP contribution < -0.4 is 4.90 Å². The maximum absolute atomic E-state index is 4.36. The molecule has 0 fully saturated rings. The highest BCUT2D eigenvalue weighted by molar-refractivity contribution is 7.25. The molecule has 0 saturated heterocycles. The maximum atomic E-state index is 4.36. The third-order valence-electron chi connectivity index (χ3n) is 9.65. The Morgan fingerprint density at radius 2 is 1.08 bits per heavy atom. The van der Waals surface area contributed by atoms with Gasteiger partial charge in [0.1, 0.15) is 0 Å². The molecule has 0 radical (unpaired) electrons. The summed E-state index contributed by atoms with van der Waals surface area (Å²) in [5.41, 5.74) is 11.8. The number of fused-ring (bicyclic) bond motifs is 3. The van der Waals surface area contributed by atoms with Crippen molar-refractivity contribution in [1.29, 1.82) is 0 Å². The molecule has 2 heterocycles. The molecule has 51 heavy (non-hydrogen) atoms. The van der Waals surface area contributed by atoms with Gasteiger partial charge in [-0.05, 0) is 93.5 Å². The van der Waals surface area contributed by atoms with Crippen LogP contribution in [0.2, 0.25) is 0 Å². The summed E-state index contributed by atoms with van der Waals surface area (Å²) in [7, 11) is 0. The van der Waals surface area contributed by atoms with Crippen LogP contribution in [0.5, 0.6) is 0 Å². The highest BCUT2D eigenvalue weighted by atomic mass is 32.1. The third-order valence-corrected chi connectivity index (χ3v) is 10.8. The van der Waals surface area contributed by atoms with Crippen LogP contribution in [0.4, 0.5) is 17.1 Å². The van der Waals surface area contributed by atoms with Gasteiger partial charge in [0.05, 0.1) is 0 Å². The Morgan fingerprint density at radius 1 is 0.431 bits per heavy atom. The zero-order valence-electron chi connectivity index (χ0n) is 27.9. The van der Waals surface area contributed by atoms with Crippen molar-refractivity contribution in [3.63, 3.8) is 0 Å². The molecule has 0 N–H and O–H groups in total. The summed E-state index contributed by atoms with van der Waals surface area (Å²) in [4.78, 5) is 6.74. The van der Waals surface area contributed by atoms with Crippen molar-refractivity contribution in [1.82, 2.24) is 4.98 Å². The van der Waals surface area contributed by atoms with E-state index in [1.807, 2.05) is 29.8 Å². The van der Waals surface area contributed by atoms with Crippen LogP contribution in [-0.2, 0) is 0 Å². The summed E-state index contributed by atoms with van der Waals surface area (Å²) in [5, 5.41) is 2.61. The van der Waals surface area contributed by atoms with E-state index in [2.05, 4.69) is 192 Å². The molecule has 0 saturated carbocycles. The molecule has 9 aromatic rings. The summed E-state index contributed by atoms with van der Waals surface area (Å²) in [6.45, 7) is 0. The van der Waals surface area contributed by atoms with Crippen LogP contribution in [0, 0.1) is 0 Å². The van der Waals surface area contributed by atoms with Gasteiger partial charge in [-0.25, -0.2) is 0 Å². The van der Waals surface area contributed by atoms with Gasteiger partial charge >= 0.3 is 0 Å². The van der Waals surface area contributed by atoms with Gasteiger partial charge in [0.2, 0.25) is 0 Å². The van der Waals surface area contributed by atoms with Crippen molar-refractivity contribution in [3.8, 4) is 22.3 Å². The lowest BCUT2D eigenvalue weighted by Crippen LogP contribution is -2.12. The second kappa shape index (κ2) is 13.5. The van der Waals surface area contributed by atoms with Crippen molar-refractivity contribution in [2.45, 2.75) is 5.92 Å². The number of nitrogens with zero attached hydrogens (tertiary/aromatic N) is 2. The van der Waals surface area contributed by atoms with Crippen molar-refractivity contribution >= 4 is 48.6 Å². The van der Waals surface area contributed by atoms with Gasteiger partial charge in [0.25, 0.3) is 0 Å². The van der Waals surface area contributed by atoms with Crippen molar-refractivity contribution in [2.24, 2.45) is 0 Å². The SMILES string of the molecule is c1ccc(C(c2ccc(-c3cccnc3)cc2)c2cc(-c3cccc4sc5ccccc5c34)cc(N(c3ccccc3)c3ccccc3)c2)cc1. The zero-order valence-corrected chi connectivity index (χ0v) is 28.7. The smallest absolute Gasteiger partial charge is 0.0470 e. The average Bonchev–Trinajstić information content (AvgIpc) is 3.59. The molecular formula is C48H34N2S. The van der Waals surface area contributed by atoms with Gasteiger partial charge in [-0.3, -0.25) is 4.98 Å². The van der Waals surface area contributed by atoms with E-state index in [9.17, 15) is 0 Å². The Hall–Kier alpha value is -6.29. The van der Waals surface area contributed by atoms with Crippen molar-refractivity contribution in [3.05, 3.63) is 217 Å². The Kier molecular flexibility index (Phi) is 8.17. The second-order valence-electron chi connectivity index (χ2n) is 12.8. The Morgan fingerprint density at radius 3 is 1.78 bits per heavy atom. The Balaban J connectivity index is 1.31. The van der Waals surface area contributed by atoms with Gasteiger partial charge in [-0.2, -0.15) is 0 Å². The molecule has 1 atom stereocenters. The maximum Gasteiger partial charge on any atom is 0.0470 e. The van der Waals surface area contributed by atoms with Crippen LogP contribution in [-0.4, -0.2) is 4.98 Å². The number of para-hydroxylation sites is 2. The number of rotatable bonds is 8. The minimum Gasteiger partial charge on any atom is -0.310 e. The van der Waals surface area contributed by atoms with Crippen LogP contribution in [0.3, 0.4) is 0 Å². The first-order valence-corrected chi connectivity index (χ1v) is 18.1. The molecule has 0 bridgehead atoms. The quantitative estimate of drug-likeness (QED) is 0.150. The first-order valence-electron chi connectivity index (χ1n) is 17.3. The molecule has 0 aliphatic carbocycles. The third kappa shape index (κ3) is 5.99. The van der Waals surface area contributed by atoms with Gasteiger partial charge in [0.15, 0.2) is 0 Å². The number of pyridine rings is 1. The summed E-state index contributed by atoms with van der Waals surface area (Å²) in [5.74, 6) is -0.000308. The van der Waals surface area contributed by atoms with Crippen LogP contribution in [0.25, 0.3) is 42.4 Å². The fourth-order valence-electron chi connectivity index (χ4n) is 7.33. The molecule has 9 rings (SSSR count). The molecule has 0 aliphatic heterocycles. The summed E-state index contributed by atoms with van der Waals surface area (Å²) >= 11 is 1.86. The predicted octanol–water partition coefficient (Wildman–Crippen LogP) is 13.4. The summed E-state index contributed by atoms with van der Waals surface area (Å²) in [6, 6.07) is 68.2. The normalized spacial score (nSPS) is 11.8. The largest absolute Gasteiger partial charge is 0.310 e. The number of aromatic nitrogens is 1. The summed E-state index contributed by atoms with van der Waals surface area (Å²) < 4.78 is 2.61. The number of benzene rings is 7. The zero-order chi connectivity index (χ0) is 34.0. The first kappa shape index (κ1) is 30.7. The van der Waals surface area contributed by atoms with Crippen LogP contribution >= 0.6 is 11.3 Å². The fraction of sp³-hybridized carbons (Fsp3) is 0.0208. The van der Waals surface area contributed by atoms with E-state index in [1.165, 1.54) is 48.0 Å². The first-order chi connectivity index (χ1) is 25.3. The molecule has 0 aliphatic rings. The van der Waals surface area contributed by atoms with Gasteiger partial charge < -0.3 is 4.90 Å². The monoisotopic (exact) mass is 670 g/mol. The van der Waals surface area contributed by atoms with Gasteiger partial charge in [-0.15, -0.1) is 11.3 Å². The molecule has 0 spiro atoms. The van der Waals surface area contributed by atoms with E-state index in [-0.39, 0.29) is 5.92 Å². The molecule has 3 heteroatoms. The molecule has 242 valence electrons. The lowest BCUT2D eigenvalue weighted by Gasteiger charge is -2.28. The number of anilines is 3. The molecule has 2 aromatic heterocycles. The minimum atomic E-state index is -0.000308.